The molecule has 1 aliphatic heterocycles. The van der Waals surface area contributed by atoms with Crippen LogP contribution in [0.4, 0.5) is 0 Å². The highest BCUT2D eigenvalue weighted by molar-refractivity contribution is 6.19. The van der Waals surface area contributed by atoms with Gasteiger partial charge in [0.15, 0.2) is 17.5 Å². The first-order chi connectivity index (χ1) is 31.6. The number of aromatic nitrogens is 6. The third kappa shape index (κ3) is 6.86. The van der Waals surface area contributed by atoms with Gasteiger partial charge in [-0.15, -0.1) is 0 Å². The van der Waals surface area contributed by atoms with Crippen LogP contribution in [0.5, 0.6) is 5.75 Å². The molecule has 0 spiro atoms. The van der Waals surface area contributed by atoms with E-state index in [1.54, 1.807) is 6.08 Å². The van der Waals surface area contributed by atoms with E-state index in [-0.39, 0.29) is 0 Å². The van der Waals surface area contributed by atoms with Crippen LogP contribution in [0.15, 0.2) is 207 Å². The third-order valence-corrected chi connectivity index (χ3v) is 11.7. The summed E-state index contributed by atoms with van der Waals surface area (Å²) >= 11 is 0. The monoisotopic (exact) mass is 824 g/mol. The van der Waals surface area contributed by atoms with Crippen LogP contribution in [0, 0.1) is 0 Å². The number of nitrogens with zero attached hydrogens (tertiary/aromatic N) is 6. The molecule has 0 unspecified atom stereocenters. The first kappa shape index (κ1) is 38.4. The number of hydrogen-bond acceptors (Lipinski definition) is 6. The second-order valence-electron chi connectivity index (χ2n) is 15.6. The van der Waals surface area contributed by atoms with E-state index in [0.29, 0.717) is 30.0 Å². The Morgan fingerprint density at radius 3 is 1.80 bits per heavy atom. The number of benzene rings is 7. The van der Waals surface area contributed by atoms with Crippen molar-refractivity contribution in [1.82, 2.24) is 29.5 Å². The van der Waals surface area contributed by atoms with Crippen LogP contribution in [0.25, 0.3) is 101 Å². The Hall–Kier alpha value is -8.55. The molecule has 7 aromatic carbocycles. The SMILES string of the molecule is C=C/C(=C\C=C/C)c1nc(-c2ccccc2)cc(-c2ccc(-c3cc4c(c5c6ccccc6n(-c6nc(-c7ccccc7)nc(-c7ccccc7)n6)c35)OCc3ccccc3-4)cc2)n1. The van der Waals surface area contributed by atoms with Crippen molar-refractivity contribution in [2.75, 3.05) is 0 Å². The molecule has 7 nitrogen and oxygen atoms in total. The molecule has 11 rings (SSSR count). The van der Waals surface area contributed by atoms with Crippen LogP contribution < -0.4 is 4.74 Å². The highest BCUT2D eigenvalue weighted by Gasteiger charge is 2.28. The number of para-hydroxylation sites is 1. The van der Waals surface area contributed by atoms with Gasteiger partial charge in [0.25, 0.3) is 0 Å². The minimum Gasteiger partial charge on any atom is -0.487 e. The van der Waals surface area contributed by atoms with Gasteiger partial charge in [0.2, 0.25) is 5.95 Å². The zero-order valence-electron chi connectivity index (χ0n) is 35.1. The molecule has 3 aromatic heterocycles. The molecule has 0 bridgehead atoms. The average molecular weight is 825 g/mol. The zero-order valence-corrected chi connectivity index (χ0v) is 35.1. The number of fused-ring (bicyclic) bond motifs is 7. The van der Waals surface area contributed by atoms with Gasteiger partial charge in [0.05, 0.1) is 27.8 Å². The maximum atomic E-state index is 6.79. The molecule has 0 radical (unpaired) electrons. The number of rotatable bonds is 9. The van der Waals surface area contributed by atoms with Crippen molar-refractivity contribution in [2.45, 2.75) is 13.5 Å². The average Bonchev–Trinajstić information content (AvgIpc) is 3.72. The van der Waals surface area contributed by atoms with Crippen molar-refractivity contribution in [3.63, 3.8) is 0 Å². The fourth-order valence-electron chi connectivity index (χ4n) is 8.61. The van der Waals surface area contributed by atoms with Crippen molar-refractivity contribution in [3.05, 3.63) is 218 Å². The van der Waals surface area contributed by atoms with E-state index in [1.165, 1.54) is 0 Å². The van der Waals surface area contributed by atoms with Crippen LogP contribution in [0.1, 0.15) is 18.3 Å². The Balaban J connectivity index is 1.17. The minimum absolute atomic E-state index is 0.470. The Morgan fingerprint density at radius 2 is 1.14 bits per heavy atom. The summed E-state index contributed by atoms with van der Waals surface area (Å²) in [6.45, 7) is 6.55. The predicted octanol–water partition coefficient (Wildman–Crippen LogP) is 13.8. The standard InChI is InChI=1S/C57H40N6O/c1-3-5-19-37(4-2)54-58-48(39-20-9-6-10-21-39)35-49(59-54)40-32-30-38(31-33-40)46-34-47-44-27-16-15-26-43(44)36-64-53(47)51-45-28-17-18-29-50(45)63(52(46)51)57-61-55(41-22-11-7-12-23-41)60-56(62-57)42-24-13-8-14-25-42/h3-35H,2,36H2,1H3/b5-3-,37-19+. The fourth-order valence-corrected chi connectivity index (χ4v) is 8.61. The lowest BCUT2D eigenvalue weighted by Gasteiger charge is -2.23. The maximum Gasteiger partial charge on any atom is 0.238 e. The highest BCUT2D eigenvalue weighted by atomic mass is 16.5. The summed E-state index contributed by atoms with van der Waals surface area (Å²) in [6, 6.07) is 60.3. The Bertz CT molecular complexity index is 3390. The fraction of sp³-hybridized carbons (Fsp3) is 0.0351. The highest BCUT2D eigenvalue weighted by Crippen LogP contribution is 2.50. The molecular weight excluding hydrogens is 785 g/mol. The molecule has 0 fully saturated rings. The first-order valence-electron chi connectivity index (χ1n) is 21.3. The molecule has 10 aromatic rings. The minimum atomic E-state index is 0.470. The van der Waals surface area contributed by atoms with Gasteiger partial charge in [-0.2, -0.15) is 9.97 Å². The molecule has 64 heavy (non-hydrogen) atoms. The molecule has 0 amide bonds. The van der Waals surface area contributed by atoms with Crippen LogP contribution in [-0.2, 0) is 6.61 Å². The molecule has 0 N–H and O–H groups in total. The van der Waals surface area contributed by atoms with E-state index in [2.05, 4.69) is 108 Å². The van der Waals surface area contributed by atoms with E-state index >= 15 is 0 Å². The Labute approximate surface area is 371 Å². The molecular formula is C57H40N6O. The quantitative estimate of drug-likeness (QED) is 0.135. The summed E-state index contributed by atoms with van der Waals surface area (Å²) in [5.74, 6) is 3.14. The van der Waals surface area contributed by atoms with Crippen molar-refractivity contribution in [1.29, 1.82) is 0 Å². The Morgan fingerprint density at radius 1 is 0.562 bits per heavy atom. The molecule has 0 saturated carbocycles. The molecule has 0 atom stereocenters. The zero-order chi connectivity index (χ0) is 43.0. The van der Waals surface area contributed by atoms with Gasteiger partial charge >= 0.3 is 0 Å². The molecule has 0 aliphatic carbocycles. The number of hydrogen-bond donors (Lipinski definition) is 0. The lowest BCUT2D eigenvalue weighted by molar-refractivity contribution is 0.306. The summed E-state index contributed by atoms with van der Waals surface area (Å²) in [7, 11) is 0. The molecule has 7 heteroatoms. The van der Waals surface area contributed by atoms with Gasteiger partial charge in [-0.1, -0.05) is 189 Å². The van der Waals surface area contributed by atoms with Crippen molar-refractivity contribution < 1.29 is 4.74 Å². The first-order valence-corrected chi connectivity index (χ1v) is 21.3. The molecule has 1 aliphatic rings. The van der Waals surface area contributed by atoms with Crippen LogP contribution in [-0.4, -0.2) is 29.5 Å². The smallest absolute Gasteiger partial charge is 0.238 e. The summed E-state index contributed by atoms with van der Waals surface area (Å²) in [5, 5.41) is 2.04. The largest absolute Gasteiger partial charge is 0.487 e. The lowest BCUT2D eigenvalue weighted by Crippen LogP contribution is -2.08. The molecule has 304 valence electrons. The molecule has 0 saturated heterocycles. The van der Waals surface area contributed by atoms with Gasteiger partial charge < -0.3 is 4.74 Å². The normalized spacial score (nSPS) is 12.3. The number of allylic oxidation sites excluding steroid dienone is 5. The van der Waals surface area contributed by atoms with Crippen LogP contribution >= 0.6 is 0 Å². The second kappa shape index (κ2) is 16.4. The van der Waals surface area contributed by atoms with Crippen molar-refractivity contribution >= 4 is 27.4 Å². The van der Waals surface area contributed by atoms with Crippen LogP contribution in [0.2, 0.25) is 0 Å². The lowest BCUT2D eigenvalue weighted by atomic mass is 9.90. The summed E-state index contributed by atoms with van der Waals surface area (Å²) in [6.07, 6.45) is 7.76. The van der Waals surface area contributed by atoms with E-state index in [4.69, 9.17) is 29.7 Å². The van der Waals surface area contributed by atoms with Crippen molar-refractivity contribution in [3.8, 4) is 79.2 Å². The molecule has 4 heterocycles. The van der Waals surface area contributed by atoms with E-state index in [1.807, 2.05) is 104 Å². The summed E-state index contributed by atoms with van der Waals surface area (Å²) < 4.78 is 8.98. The third-order valence-electron chi connectivity index (χ3n) is 11.7. The Kier molecular flexibility index (Phi) is 9.82. The van der Waals surface area contributed by atoms with Gasteiger partial charge in [-0.3, -0.25) is 4.57 Å². The van der Waals surface area contributed by atoms with Gasteiger partial charge in [0, 0.05) is 44.3 Å². The summed E-state index contributed by atoms with van der Waals surface area (Å²) in [4.78, 5) is 25.7. The van der Waals surface area contributed by atoms with E-state index < -0.39 is 0 Å². The van der Waals surface area contributed by atoms with Gasteiger partial charge in [-0.05, 0) is 41.8 Å². The van der Waals surface area contributed by atoms with Crippen molar-refractivity contribution in [2.24, 2.45) is 0 Å². The van der Waals surface area contributed by atoms with E-state index in [9.17, 15) is 0 Å². The topological polar surface area (TPSA) is 78.6 Å². The second-order valence-corrected chi connectivity index (χ2v) is 15.6. The van der Waals surface area contributed by atoms with Gasteiger partial charge in [0.1, 0.15) is 12.4 Å². The summed E-state index contributed by atoms with van der Waals surface area (Å²) in [5.41, 5.74) is 13.5. The van der Waals surface area contributed by atoms with E-state index in [0.717, 1.165) is 94.6 Å². The maximum absolute atomic E-state index is 6.79. The predicted molar refractivity (Wildman–Crippen MR) is 260 cm³/mol. The van der Waals surface area contributed by atoms with Gasteiger partial charge in [-0.25, -0.2) is 15.0 Å². The van der Waals surface area contributed by atoms with Crippen LogP contribution in [0.3, 0.4) is 0 Å². The number of ether oxygens (including phenoxy) is 1.